The Morgan fingerprint density at radius 1 is 1.04 bits per heavy atom. The highest BCUT2D eigenvalue weighted by Gasteiger charge is 2.18. The second-order valence-electron chi connectivity index (χ2n) is 5.57. The van der Waals surface area contributed by atoms with Crippen LogP contribution in [0.15, 0.2) is 42.5 Å². The zero-order chi connectivity index (χ0) is 17.0. The molecule has 2 aromatic rings. The van der Waals surface area contributed by atoms with E-state index >= 15 is 0 Å². The first-order chi connectivity index (χ1) is 10.9. The number of benzene rings is 2. The van der Waals surface area contributed by atoms with Crippen LogP contribution in [0.5, 0.6) is 5.75 Å². The summed E-state index contributed by atoms with van der Waals surface area (Å²) in [6, 6.07) is 10.7. The van der Waals surface area contributed by atoms with Gasteiger partial charge in [0.1, 0.15) is 5.75 Å². The summed E-state index contributed by atoms with van der Waals surface area (Å²) in [4.78, 5) is 12.1. The smallest absolute Gasteiger partial charge is 0.265 e. The molecule has 0 fully saturated rings. The molecule has 1 N–H and O–H groups in total. The zero-order valence-electron chi connectivity index (χ0n) is 13.3. The Balaban J connectivity index is 2.07. The molecule has 0 saturated carbocycles. The molecule has 0 aliphatic carbocycles. The minimum absolute atomic E-state index is 0.182. The fraction of sp³-hybridized carbons (Fsp3) is 0.278. The highest BCUT2D eigenvalue weighted by atomic mass is 19.2. The van der Waals surface area contributed by atoms with Gasteiger partial charge in [0, 0.05) is 11.8 Å². The maximum Gasteiger partial charge on any atom is 0.265 e. The van der Waals surface area contributed by atoms with Crippen molar-refractivity contribution in [2.75, 3.05) is 5.32 Å². The van der Waals surface area contributed by atoms with E-state index in [9.17, 15) is 13.6 Å². The summed E-state index contributed by atoms with van der Waals surface area (Å²) in [6.07, 6.45) is -0.775. The van der Waals surface area contributed by atoms with Crippen molar-refractivity contribution in [1.29, 1.82) is 0 Å². The molecule has 2 rings (SSSR count). The first kappa shape index (κ1) is 16.9. The van der Waals surface area contributed by atoms with Crippen LogP contribution in [0.2, 0.25) is 0 Å². The number of rotatable bonds is 5. The molecule has 23 heavy (non-hydrogen) atoms. The van der Waals surface area contributed by atoms with Crippen molar-refractivity contribution in [2.24, 2.45) is 0 Å². The lowest BCUT2D eigenvalue weighted by molar-refractivity contribution is -0.122. The second-order valence-corrected chi connectivity index (χ2v) is 5.57. The second kappa shape index (κ2) is 7.22. The molecule has 1 atom stereocenters. The zero-order valence-corrected chi connectivity index (χ0v) is 13.3. The molecule has 0 saturated heterocycles. The van der Waals surface area contributed by atoms with Gasteiger partial charge < -0.3 is 10.1 Å². The van der Waals surface area contributed by atoms with Crippen molar-refractivity contribution >= 4 is 11.6 Å². The summed E-state index contributed by atoms with van der Waals surface area (Å²) >= 11 is 0. The van der Waals surface area contributed by atoms with Crippen LogP contribution in [-0.2, 0) is 4.79 Å². The first-order valence-corrected chi connectivity index (χ1v) is 7.40. The molecule has 0 radical (unpaired) electrons. The van der Waals surface area contributed by atoms with E-state index in [2.05, 4.69) is 5.32 Å². The molecule has 0 spiro atoms. The third-order valence-corrected chi connectivity index (χ3v) is 3.40. The molecule has 0 aliphatic heterocycles. The molecule has 1 amide bonds. The number of carbonyl (C=O) groups is 1. The minimum Gasteiger partial charge on any atom is -0.481 e. The molecule has 1 unspecified atom stereocenters. The van der Waals surface area contributed by atoms with Gasteiger partial charge in [-0.2, -0.15) is 0 Å². The monoisotopic (exact) mass is 319 g/mol. The van der Waals surface area contributed by atoms with Crippen molar-refractivity contribution < 1.29 is 18.3 Å². The molecule has 3 nitrogen and oxygen atoms in total. The van der Waals surface area contributed by atoms with Gasteiger partial charge in [-0.1, -0.05) is 32.0 Å². The summed E-state index contributed by atoms with van der Waals surface area (Å²) in [5, 5.41) is 2.51. The van der Waals surface area contributed by atoms with E-state index in [0.717, 1.165) is 17.7 Å². The molecule has 2 aromatic carbocycles. The van der Waals surface area contributed by atoms with E-state index in [-0.39, 0.29) is 11.6 Å². The Morgan fingerprint density at radius 3 is 2.39 bits per heavy atom. The van der Waals surface area contributed by atoms with Gasteiger partial charge >= 0.3 is 0 Å². The van der Waals surface area contributed by atoms with E-state index in [1.165, 1.54) is 6.07 Å². The van der Waals surface area contributed by atoms with Crippen molar-refractivity contribution in [2.45, 2.75) is 32.8 Å². The number of halogens is 2. The van der Waals surface area contributed by atoms with E-state index in [4.69, 9.17) is 4.74 Å². The number of ether oxygens (including phenoxy) is 1. The van der Waals surface area contributed by atoms with Gasteiger partial charge in [-0.05, 0) is 36.6 Å². The topological polar surface area (TPSA) is 38.3 Å². The lowest BCUT2D eigenvalue weighted by Gasteiger charge is -2.18. The molecule has 5 heteroatoms. The summed E-state index contributed by atoms with van der Waals surface area (Å²) in [6.45, 7) is 5.68. The number of anilines is 1. The molecule has 0 bridgehead atoms. The van der Waals surface area contributed by atoms with E-state index < -0.39 is 23.6 Å². The Labute approximate surface area is 134 Å². The molecule has 122 valence electrons. The summed E-state index contributed by atoms with van der Waals surface area (Å²) < 4.78 is 31.8. The number of hydrogen-bond donors (Lipinski definition) is 1. The molecule has 0 aromatic heterocycles. The van der Waals surface area contributed by atoms with Crippen molar-refractivity contribution in [1.82, 2.24) is 0 Å². The Bertz CT molecular complexity index is 701. The largest absolute Gasteiger partial charge is 0.481 e. The van der Waals surface area contributed by atoms with Gasteiger partial charge in [0.15, 0.2) is 17.7 Å². The quantitative estimate of drug-likeness (QED) is 0.881. The standard InChI is InChI=1S/C18H19F2NO2/c1-11(2)14-6-4-5-7-17(14)23-12(3)18(22)21-13-8-9-15(19)16(20)10-13/h4-12H,1-3H3,(H,21,22). The van der Waals surface area contributed by atoms with Crippen LogP contribution >= 0.6 is 0 Å². The Morgan fingerprint density at radius 2 is 1.74 bits per heavy atom. The van der Waals surface area contributed by atoms with E-state index in [1.54, 1.807) is 13.0 Å². The van der Waals surface area contributed by atoms with Gasteiger partial charge in [-0.25, -0.2) is 8.78 Å². The maximum absolute atomic E-state index is 13.2. The van der Waals surface area contributed by atoms with Crippen LogP contribution in [-0.4, -0.2) is 12.0 Å². The fourth-order valence-electron chi connectivity index (χ4n) is 2.13. The van der Waals surface area contributed by atoms with Crippen LogP contribution < -0.4 is 10.1 Å². The summed E-state index contributed by atoms with van der Waals surface area (Å²) in [5.41, 5.74) is 1.18. The lowest BCUT2D eigenvalue weighted by Crippen LogP contribution is -2.30. The van der Waals surface area contributed by atoms with Crippen LogP contribution in [0.3, 0.4) is 0 Å². The lowest BCUT2D eigenvalue weighted by atomic mass is 10.0. The first-order valence-electron chi connectivity index (χ1n) is 7.40. The van der Waals surface area contributed by atoms with Gasteiger partial charge in [-0.3, -0.25) is 4.79 Å². The molecule has 0 heterocycles. The van der Waals surface area contributed by atoms with Crippen LogP contribution in [0.25, 0.3) is 0 Å². The number of carbonyl (C=O) groups excluding carboxylic acids is 1. The average Bonchev–Trinajstić information content (AvgIpc) is 2.51. The van der Waals surface area contributed by atoms with Crippen LogP contribution in [0, 0.1) is 11.6 Å². The normalized spacial score (nSPS) is 12.1. The van der Waals surface area contributed by atoms with Gasteiger partial charge in [-0.15, -0.1) is 0 Å². The number of hydrogen-bond acceptors (Lipinski definition) is 2. The van der Waals surface area contributed by atoms with Gasteiger partial charge in [0.05, 0.1) is 0 Å². The van der Waals surface area contributed by atoms with Gasteiger partial charge in [0.2, 0.25) is 0 Å². The SMILES string of the molecule is CC(Oc1ccccc1C(C)C)C(=O)Nc1ccc(F)c(F)c1. The molecular formula is C18H19F2NO2. The highest BCUT2D eigenvalue weighted by molar-refractivity contribution is 5.94. The Kier molecular flexibility index (Phi) is 5.32. The van der Waals surface area contributed by atoms with Gasteiger partial charge in [0.25, 0.3) is 5.91 Å². The highest BCUT2D eigenvalue weighted by Crippen LogP contribution is 2.27. The average molecular weight is 319 g/mol. The number of para-hydroxylation sites is 1. The molecule has 0 aliphatic rings. The van der Waals surface area contributed by atoms with Crippen molar-refractivity contribution in [3.05, 3.63) is 59.7 Å². The third kappa shape index (κ3) is 4.28. The van der Waals surface area contributed by atoms with E-state index in [0.29, 0.717) is 5.75 Å². The predicted octanol–water partition coefficient (Wildman–Crippen LogP) is 4.49. The van der Waals surface area contributed by atoms with Crippen molar-refractivity contribution in [3.63, 3.8) is 0 Å². The number of amides is 1. The van der Waals surface area contributed by atoms with Crippen molar-refractivity contribution in [3.8, 4) is 5.75 Å². The third-order valence-electron chi connectivity index (χ3n) is 3.40. The maximum atomic E-state index is 13.2. The molecular weight excluding hydrogens is 300 g/mol. The van der Waals surface area contributed by atoms with E-state index in [1.807, 2.05) is 32.0 Å². The Hall–Kier alpha value is -2.43. The van der Waals surface area contributed by atoms with Crippen LogP contribution in [0.1, 0.15) is 32.3 Å². The summed E-state index contributed by atoms with van der Waals surface area (Å²) in [7, 11) is 0. The predicted molar refractivity (Wildman–Crippen MR) is 85.6 cm³/mol. The minimum atomic E-state index is -1.01. The fourth-order valence-corrected chi connectivity index (χ4v) is 2.13. The van der Waals surface area contributed by atoms with Crippen LogP contribution in [0.4, 0.5) is 14.5 Å². The number of nitrogens with one attached hydrogen (secondary N) is 1. The summed E-state index contributed by atoms with van der Waals surface area (Å²) in [5.74, 6) is -1.52.